The minimum absolute atomic E-state index is 0. The molecular formula is C20H23ClN2O4. The van der Waals surface area contributed by atoms with E-state index in [4.69, 9.17) is 9.15 Å². The number of carbonyl (C=O) groups excluding carboxylic acids is 1. The predicted octanol–water partition coefficient (Wildman–Crippen LogP) is 3.08. The van der Waals surface area contributed by atoms with Crippen molar-refractivity contribution in [3.8, 4) is 11.5 Å². The number of piperazine rings is 1. The van der Waals surface area contributed by atoms with Crippen molar-refractivity contribution in [2.24, 2.45) is 0 Å². The van der Waals surface area contributed by atoms with Crippen LogP contribution in [0.5, 0.6) is 11.5 Å². The van der Waals surface area contributed by atoms with Gasteiger partial charge in [0.1, 0.15) is 23.0 Å². The van der Waals surface area contributed by atoms with Crippen LogP contribution in [0.15, 0.2) is 34.4 Å². The van der Waals surface area contributed by atoms with Crippen molar-refractivity contribution >= 4 is 24.3 Å². The van der Waals surface area contributed by atoms with Crippen LogP contribution < -0.4 is 4.74 Å². The number of phenols is 1. The lowest BCUT2D eigenvalue weighted by molar-refractivity contribution is 0.101. The Labute approximate surface area is 164 Å². The molecule has 0 atom stereocenters. The van der Waals surface area contributed by atoms with Crippen molar-refractivity contribution in [3.63, 3.8) is 0 Å². The van der Waals surface area contributed by atoms with Gasteiger partial charge in [0.15, 0.2) is 5.76 Å². The van der Waals surface area contributed by atoms with Gasteiger partial charge in [0, 0.05) is 38.8 Å². The van der Waals surface area contributed by atoms with Crippen LogP contribution in [0.2, 0.25) is 0 Å². The van der Waals surface area contributed by atoms with Crippen LogP contribution in [-0.2, 0) is 6.54 Å². The third-order valence-corrected chi connectivity index (χ3v) is 4.93. The first kappa shape index (κ1) is 19.5. The summed E-state index contributed by atoms with van der Waals surface area (Å²) in [5.74, 6) is 2.00. The topological polar surface area (TPSA) is 66.2 Å². The molecule has 1 fully saturated rings. The maximum absolute atomic E-state index is 12.7. The fourth-order valence-electron chi connectivity index (χ4n) is 3.34. The molecule has 0 amide bonds. The third-order valence-electron chi connectivity index (χ3n) is 4.93. The quantitative estimate of drug-likeness (QED) is 0.812. The molecule has 27 heavy (non-hydrogen) atoms. The van der Waals surface area contributed by atoms with Gasteiger partial charge in [-0.2, -0.15) is 0 Å². The Morgan fingerprint density at radius 3 is 2.56 bits per heavy atom. The minimum Gasteiger partial charge on any atom is -0.507 e. The number of benzene rings is 1. The van der Waals surface area contributed by atoms with E-state index in [9.17, 15) is 9.90 Å². The fraction of sp³-hybridized carbons (Fsp3) is 0.350. The third kappa shape index (κ3) is 3.88. The highest BCUT2D eigenvalue weighted by Gasteiger charge is 2.32. The number of furan rings is 1. The smallest absolute Gasteiger partial charge is 0.232 e. The largest absolute Gasteiger partial charge is 0.507 e. The Balaban J connectivity index is 0.00000210. The number of phenolic OH excluding ortho intramolecular Hbond substituents is 1. The van der Waals surface area contributed by atoms with Gasteiger partial charge in [0.05, 0.1) is 11.1 Å². The van der Waals surface area contributed by atoms with Crippen LogP contribution in [-0.4, -0.2) is 53.9 Å². The number of hydrogen-bond donors (Lipinski definition) is 1. The van der Waals surface area contributed by atoms with Gasteiger partial charge >= 0.3 is 0 Å². The van der Waals surface area contributed by atoms with Crippen molar-refractivity contribution in [3.05, 3.63) is 52.7 Å². The zero-order valence-corrected chi connectivity index (χ0v) is 16.2. The average Bonchev–Trinajstić information content (AvgIpc) is 3.16. The van der Waals surface area contributed by atoms with E-state index in [-0.39, 0.29) is 29.7 Å². The van der Waals surface area contributed by atoms with E-state index in [0.717, 1.165) is 31.9 Å². The maximum Gasteiger partial charge on any atom is 0.232 e. The molecule has 3 heterocycles. The number of ketones is 1. The number of allylic oxidation sites excluding steroid dienone is 1. The number of ether oxygens (including phenoxy) is 1. The van der Waals surface area contributed by atoms with Crippen LogP contribution in [0, 0.1) is 6.92 Å². The molecule has 1 N–H and O–H groups in total. The van der Waals surface area contributed by atoms with Crippen molar-refractivity contribution in [2.75, 3.05) is 33.2 Å². The number of rotatable bonds is 3. The van der Waals surface area contributed by atoms with Crippen LogP contribution in [0.1, 0.15) is 27.4 Å². The van der Waals surface area contributed by atoms with Crippen LogP contribution in [0.25, 0.3) is 6.08 Å². The lowest BCUT2D eigenvalue weighted by atomic mass is 10.0. The fourth-order valence-corrected chi connectivity index (χ4v) is 3.34. The van der Waals surface area contributed by atoms with Gasteiger partial charge < -0.3 is 19.2 Å². The van der Waals surface area contributed by atoms with Crippen LogP contribution >= 0.6 is 12.4 Å². The number of hydrogen-bond acceptors (Lipinski definition) is 6. The standard InChI is InChI=1S/C20H22N2O4.ClH/c1-13-3-4-14(25-13)11-18-19(24)15-5-6-17(23)16(20(15)26-18)12-22-9-7-21(2)8-10-22;/h3-6,11,23H,7-10,12H2,1-2H3;1H/b18-11-;. The SMILES string of the molecule is Cc1ccc(/C=C2\Oc3c(ccc(O)c3CN3CCN(C)CC3)C2=O)o1.Cl. The highest BCUT2D eigenvalue weighted by Crippen LogP contribution is 2.40. The number of nitrogens with zero attached hydrogens (tertiary/aromatic N) is 2. The molecular weight excluding hydrogens is 368 g/mol. The number of Topliss-reactive ketones (excluding diaryl/α,β-unsaturated/α-hetero) is 1. The summed E-state index contributed by atoms with van der Waals surface area (Å²) in [6.45, 7) is 6.21. The second kappa shape index (κ2) is 7.76. The van der Waals surface area contributed by atoms with Crippen LogP contribution in [0.4, 0.5) is 0 Å². The molecule has 2 aliphatic heterocycles. The van der Waals surface area contributed by atoms with E-state index >= 15 is 0 Å². The minimum atomic E-state index is -0.186. The van der Waals surface area contributed by atoms with Crippen LogP contribution in [0.3, 0.4) is 0 Å². The molecule has 0 unspecified atom stereocenters. The zero-order chi connectivity index (χ0) is 18.3. The summed E-state index contributed by atoms with van der Waals surface area (Å²) in [5, 5.41) is 10.4. The van der Waals surface area contributed by atoms with Gasteiger partial charge in [-0.15, -0.1) is 12.4 Å². The summed E-state index contributed by atoms with van der Waals surface area (Å²) in [7, 11) is 2.10. The molecule has 2 aliphatic rings. The molecule has 0 aliphatic carbocycles. The molecule has 6 nitrogen and oxygen atoms in total. The molecule has 0 spiro atoms. The Hall–Kier alpha value is -2.28. The first-order valence-electron chi connectivity index (χ1n) is 8.77. The van der Waals surface area contributed by atoms with Crippen molar-refractivity contribution in [1.82, 2.24) is 9.80 Å². The summed E-state index contributed by atoms with van der Waals surface area (Å²) >= 11 is 0. The maximum atomic E-state index is 12.7. The van der Waals surface area contributed by atoms with E-state index in [0.29, 0.717) is 29.2 Å². The van der Waals surface area contributed by atoms with Gasteiger partial charge in [-0.1, -0.05) is 0 Å². The van der Waals surface area contributed by atoms with E-state index in [1.54, 1.807) is 24.3 Å². The summed E-state index contributed by atoms with van der Waals surface area (Å²) in [5.41, 5.74) is 1.15. The molecule has 4 rings (SSSR count). The number of halogens is 1. The first-order chi connectivity index (χ1) is 12.5. The van der Waals surface area contributed by atoms with E-state index < -0.39 is 0 Å². The monoisotopic (exact) mass is 390 g/mol. The van der Waals surface area contributed by atoms with E-state index in [1.165, 1.54) is 0 Å². The molecule has 0 radical (unpaired) electrons. The van der Waals surface area contributed by atoms with Gasteiger partial charge in [-0.05, 0) is 38.2 Å². The summed E-state index contributed by atoms with van der Waals surface area (Å²) in [6.07, 6.45) is 1.60. The number of carbonyl (C=O) groups is 1. The molecule has 0 saturated carbocycles. The molecule has 7 heteroatoms. The lowest BCUT2D eigenvalue weighted by Gasteiger charge is -2.32. The van der Waals surface area contributed by atoms with Gasteiger partial charge in [0.25, 0.3) is 0 Å². The van der Waals surface area contributed by atoms with Gasteiger partial charge in [-0.3, -0.25) is 9.69 Å². The van der Waals surface area contributed by atoms with E-state index in [1.807, 2.05) is 13.0 Å². The van der Waals surface area contributed by atoms with Crippen molar-refractivity contribution in [2.45, 2.75) is 13.5 Å². The van der Waals surface area contributed by atoms with Gasteiger partial charge in [-0.25, -0.2) is 0 Å². The van der Waals surface area contributed by atoms with Crippen molar-refractivity contribution in [1.29, 1.82) is 0 Å². The molecule has 2 aromatic rings. The molecule has 0 bridgehead atoms. The number of fused-ring (bicyclic) bond motifs is 1. The zero-order valence-electron chi connectivity index (χ0n) is 15.4. The summed E-state index contributed by atoms with van der Waals surface area (Å²) in [4.78, 5) is 17.2. The van der Waals surface area contributed by atoms with E-state index in [2.05, 4.69) is 16.8 Å². The Morgan fingerprint density at radius 1 is 1.15 bits per heavy atom. The Morgan fingerprint density at radius 2 is 1.89 bits per heavy atom. The second-order valence-electron chi connectivity index (χ2n) is 6.91. The Bertz CT molecular complexity index is 882. The first-order valence-corrected chi connectivity index (χ1v) is 8.77. The average molecular weight is 391 g/mol. The molecule has 1 aromatic heterocycles. The molecule has 144 valence electrons. The predicted molar refractivity (Wildman–Crippen MR) is 105 cm³/mol. The highest BCUT2D eigenvalue weighted by atomic mass is 35.5. The van der Waals surface area contributed by atoms with Crippen molar-refractivity contribution < 1.29 is 19.1 Å². The molecule has 1 aromatic carbocycles. The number of likely N-dealkylation sites (N-methyl/N-ethyl adjacent to an activating group) is 1. The number of aryl methyl sites for hydroxylation is 1. The lowest BCUT2D eigenvalue weighted by Crippen LogP contribution is -2.43. The highest BCUT2D eigenvalue weighted by molar-refractivity contribution is 6.14. The molecule has 1 saturated heterocycles. The Kier molecular flexibility index (Phi) is 5.60. The second-order valence-corrected chi connectivity index (χ2v) is 6.91. The number of aromatic hydroxyl groups is 1. The summed E-state index contributed by atoms with van der Waals surface area (Å²) < 4.78 is 11.4. The van der Waals surface area contributed by atoms with Gasteiger partial charge in [0.2, 0.25) is 5.78 Å². The summed E-state index contributed by atoms with van der Waals surface area (Å²) in [6, 6.07) is 6.83. The normalized spacial score (nSPS) is 19.0.